The van der Waals surface area contributed by atoms with Gasteiger partial charge in [0, 0.05) is 5.56 Å². The predicted molar refractivity (Wildman–Crippen MR) is 51.1 cm³/mol. The third-order valence-corrected chi connectivity index (χ3v) is 3.16. The van der Waals surface area contributed by atoms with Crippen LogP contribution in [0.2, 0.25) is 0 Å². The summed E-state index contributed by atoms with van der Waals surface area (Å²) in [5.41, 5.74) is -2.98. The van der Waals surface area contributed by atoms with Crippen LogP contribution in [0.25, 0.3) is 0 Å². The van der Waals surface area contributed by atoms with Crippen LogP contribution < -0.4 is 0 Å². The molecule has 0 radical (unpaired) electrons. The van der Waals surface area contributed by atoms with E-state index in [2.05, 4.69) is 0 Å². The second kappa shape index (κ2) is 4.67. The number of Topliss-reactive ketones (excluding diaryl/α,β-unsaturated/α-hetero) is 1. The average Bonchev–Trinajstić information content (AvgIpc) is 2.63. The number of alkyl halides is 3. The maximum atomic E-state index is 13.4. The Bertz CT molecular complexity index is 625. The Morgan fingerprint density at radius 1 is 0.952 bits per heavy atom. The van der Waals surface area contributed by atoms with Gasteiger partial charge in [-0.3, -0.25) is 4.79 Å². The minimum atomic E-state index is -5.38. The number of aliphatic hydroxyl groups is 2. The van der Waals surface area contributed by atoms with Gasteiger partial charge in [0.15, 0.2) is 35.2 Å². The van der Waals surface area contributed by atoms with Crippen LogP contribution in [0.15, 0.2) is 0 Å². The number of hydrogen-bond donors (Lipinski definition) is 2. The largest absolute Gasteiger partial charge is 0.415 e. The second-order valence-corrected chi connectivity index (χ2v) is 4.37. The van der Waals surface area contributed by atoms with Crippen LogP contribution in [0.5, 0.6) is 0 Å². The third kappa shape index (κ3) is 2.09. The molecule has 10 heteroatoms. The van der Waals surface area contributed by atoms with Gasteiger partial charge in [-0.15, -0.1) is 0 Å². The van der Waals surface area contributed by atoms with Gasteiger partial charge in [-0.1, -0.05) is 0 Å². The zero-order valence-corrected chi connectivity index (χ0v) is 9.68. The molecule has 0 fully saturated rings. The van der Waals surface area contributed by atoms with Gasteiger partial charge in [0.2, 0.25) is 0 Å². The van der Waals surface area contributed by atoms with E-state index in [1.165, 1.54) is 0 Å². The lowest BCUT2D eigenvalue weighted by Gasteiger charge is -2.22. The quantitative estimate of drug-likeness (QED) is 0.473. The second-order valence-electron chi connectivity index (χ2n) is 4.37. The molecule has 0 saturated carbocycles. The van der Waals surface area contributed by atoms with E-state index in [0.29, 0.717) is 0 Å². The molecule has 0 bridgehead atoms. The molecule has 0 aliphatic heterocycles. The van der Waals surface area contributed by atoms with Gasteiger partial charge in [0.25, 0.3) is 0 Å². The predicted octanol–water partition coefficient (Wildman–Crippen LogP) is 2.01. The third-order valence-electron chi connectivity index (χ3n) is 3.16. The highest BCUT2D eigenvalue weighted by Gasteiger charge is 2.55. The molecule has 1 aliphatic rings. The van der Waals surface area contributed by atoms with Gasteiger partial charge in [0.1, 0.15) is 0 Å². The minimum absolute atomic E-state index is 1.44. The van der Waals surface area contributed by atoms with Crippen molar-refractivity contribution in [3.63, 3.8) is 0 Å². The monoisotopic (exact) mass is 318 g/mol. The molecule has 0 aromatic heterocycles. The summed E-state index contributed by atoms with van der Waals surface area (Å²) in [6.45, 7) is 0. The van der Waals surface area contributed by atoms with Gasteiger partial charge in [-0.25, -0.2) is 17.6 Å². The summed E-state index contributed by atoms with van der Waals surface area (Å²) in [5.74, 6) is -13.7. The molecule has 1 aromatic rings. The molecule has 3 nitrogen and oxygen atoms in total. The normalized spacial score (nSPS) is 23.4. The lowest BCUT2D eigenvalue weighted by atomic mass is 9.95. The summed E-state index contributed by atoms with van der Waals surface area (Å²) in [5, 5.41) is 18.5. The standard InChI is InChI=1S/C11H5F7O3/c12-4-1-2(5(13)7(15)6(4)14)9(20)3(8(1)19)10(21)11(16,17)18/h3,8,10,19,21H. The van der Waals surface area contributed by atoms with Crippen molar-refractivity contribution in [2.45, 2.75) is 18.4 Å². The zero-order valence-electron chi connectivity index (χ0n) is 9.68. The molecule has 2 N–H and O–H groups in total. The molecule has 116 valence electrons. The number of rotatable bonds is 1. The number of aliphatic hydroxyl groups excluding tert-OH is 2. The molecule has 2 rings (SSSR count). The fraction of sp³-hybridized carbons (Fsp3) is 0.364. The van der Waals surface area contributed by atoms with Gasteiger partial charge in [0.05, 0.1) is 17.6 Å². The molecular formula is C11H5F7O3. The molecule has 0 saturated heterocycles. The number of benzene rings is 1. The zero-order chi connectivity index (χ0) is 16.3. The van der Waals surface area contributed by atoms with Crippen molar-refractivity contribution in [3.8, 4) is 0 Å². The maximum Gasteiger partial charge on any atom is 0.415 e. The molecule has 0 amide bonds. The fourth-order valence-electron chi connectivity index (χ4n) is 2.18. The maximum absolute atomic E-state index is 13.4. The van der Waals surface area contributed by atoms with Gasteiger partial charge >= 0.3 is 6.18 Å². The Hall–Kier alpha value is -1.68. The van der Waals surface area contributed by atoms with Gasteiger partial charge in [-0.2, -0.15) is 13.2 Å². The van der Waals surface area contributed by atoms with Crippen molar-refractivity contribution in [3.05, 3.63) is 34.4 Å². The lowest BCUT2D eigenvalue weighted by molar-refractivity contribution is -0.221. The summed E-state index contributed by atoms with van der Waals surface area (Å²) >= 11 is 0. The van der Waals surface area contributed by atoms with Crippen LogP contribution in [0.4, 0.5) is 30.7 Å². The minimum Gasteiger partial charge on any atom is -0.387 e. The molecule has 3 unspecified atom stereocenters. The summed E-state index contributed by atoms with van der Waals surface area (Å²) in [7, 11) is 0. The van der Waals surface area contributed by atoms with Crippen LogP contribution in [0.1, 0.15) is 22.0 Å². The topological polar surface area (TPSA) is 57.5 Å². The van der Waals surface area contributed by atoms with Gasteiger partial charge < -0.3 is 10.2 Å². The summed E-state index contributed by atoms with van der Waals surface area (Å²) in [6, 6.07) is 0. The van der Waals surface area contributed by atoms with E-state index in [9.17, 15) is 40.6 Å². The Kier molecular flexibility index (Phi) is 3.49. The Morgan fingerprint density at radius 3 is 1.90 bits per heavy atom. The highest BCUT2D eigenvalue weighted by atomic mass is 19.4. The fourth-order valence-corrected chi connectivity index (χ4v) is 2.18. The average molecular weight is 318 g/mol. The first-order valence-corrected chi connectivity index (χ1v) is 5.33. The first-order chi connectivity index (χ1) is 9.50. The van der Waals surface area contributed by atoms with Crippen molar-refractivity contribution in [2.75, 3.05) is 0 Å². The molecule has 21 heavy (non-hydrogen) atoms. The smallest absolute Gasteiger partial charge is 0.387 e. The van der Waals surface area contributed by atoms with Crippen LogP contribution in [0, 0.1) is 29.2 Å². The summed E-state index contributed by atoms with van der Waals surface area (Å²) in [6.07, 6.45) is -11.5. The van der Waals surface area contributed by atoms with Crippen molar-refractivity contribution in [1.82, 2.24) is 0 Å². The van der Waals surface area contributed by atoms with Crippen LogP contribution in [0.3, 0.4) is 0 Å². The van der Waals surface area contributed by atoms with Crippen molar-refractivity contribution in [2.24, 2.45) is 5.92 Å². The Morgan fingerprint density at radius 2 is 1.43 bits per heavy atom. The van der Waals surface area contributed by atoms with Crippen LogP contribution >= 0.6 is 0 Å². The number of halogens is 7. The Balaban J connectivity index is 2.66. The molecule has 3 atom stereocenters. The van der Waals surface area contributed by atoms with E-state index in [-0.39, 0.29) is 0 Å². The molecule has 0 heterocycles. The van der Waals surface area contributed by atoms with E-state index in [1.807, 2.05) is 0 Å². The molecule has 0 spiro atoms. The Labute approximate surface area is 111 Å². The molecule has 1 aliphatic carbocycles. The summed E-state index contributed by atoms with van der Waals surface area (Å²) < 4.78 is 90.0. The number of fused-ring (bicyclic) bond motifs is 1. The lowest BCUT2D eigenvalue weighted by Crippen LogP contribution is -2.40. The molecule has 1 aromatic carbocycles. The van der Waals surface area contributed by atoms with E-state index in [1.54, 1.807) is 0 Å². The first-order valence-electron chi connectivity index (χ1n) is 5.33. The highest BCUT2D eigenvalue weighted by molar-refractivity contribution is 6.03. The SMILES string of the molecule is O=C1c2c(F)c(F)c(F)c(F)c2C(O)C1C(O)C(F)(F)F. The van der Waals surface area contributed by atoms with Crippen molar-refractivity contribution < 1.29 is 45.7 Å². The van der Waals surface area contributed by atoms with Crippen molar-refractivity contribution >= 4 is 5.78 Å². The number of carbonyl (C=O) groups is 1. The van der Waals surface area contributed by atoms with E-state index in [0.717, 1.165) is 0 Å². The van der Waals surface area contributed by atoms with Crippen LogP contribution in [-0.4, -0.2) is 28.3 Å². The summed E-state index contributed by atoms with van der Waals surface area (Å²) in [4.78, 5) is 11.6. The molecular weight excluding hydrogens is 313 g/mol. The van der Waals surface area contributed by atoms with E-state index >= 15 is 0 Å². The van der Waals surface area contributed by atoms with Crippen molar-refractivity contribution in [1.29, 1.82) is 0 Å². The van der Waals surface area contributed by atoms with E-state index < -0.39 is 64.5 Å². The van der Waals surface area contributed by atoms with E-state index in [4.69, 9.17) is 5.11 Å². The van der Waals surface area contributed by atoms with Crippen LogP contribution in [-0.2, 0) is 0 Å². The number of hydrogen-bond acceptors (Lipinski definition) is 3. The first kappa shape index (κ1) is 15.7. The number of carbonyl (C=O) groups excluding carboxylic acids is 1. The number of ketones is 1. The highest BCUT2D eigenvalue weighted by Crippen LogP contribution is 2.45. The van der Waals surface area contributed by atoms with Gasteiger partial charge in [-0.05, 0) is 0 Å².